The molecule has 0 aromatic heterocycles. The molecule has 2 heterocycles. The first kappa shape index (κ1) is 15.9. The Hall–Kier alpha value is -0.200. The van der Waals surface area contributed by atoms with E-state index in [2.05, 4.69) is 0 Å². The first-order valence-corrected chi connectivity index (χ1v) is 6.75. The molecule has 2 fully saturated rings. The zero-order valence-electron chi connectivity index (χ0n) is 11.5. The molecule has 18 heavy (non-hydrogen) atoms. The lowest BCUT2D eigenvalue weighted by Crippen LogP contribution is -2.24. The minimum Gasteiger partial charge on any atom is -0.394 e. The number of aliphatic hydroxyl groups excluding tert-OH is 3. The predicted octanol–water partition coefficient (Wildman–Crippen LogP) is 0.452. The van der Waals surface area contributed by atoms with Gasteiger partial charge in [-0.3, -0.25) is 0 Å². The van der Waals surface area contributed by atoms with E-state index in [0.29, 0.717) is 6.42 Å². The maximum Gasteiger partial charge on any atom is 0.107 e. The van der Waals surface area contributed by atoms with Crippen LogP contribution in [0.4, 0.5) is 0 Å². The van der Waals surface area contributed by atoms with Gasteiger partial charge in [0.2, 0.25) is 0 Å². The number of ether oxygens (including phenoxy) is 2. The maximum atomic E-state index is 9.23. The van der Waals surface area contributed by atoms with Crippen LogP contribution in [0.15, 0.2) is 0 Å². The van der Waals surface area contributed by atoms with Crippen LogP contribution in [0.3, 0.4) is 0 Å². The van der Waals surface area contributed by atoms with E-state index in [9.17, 15) is 5.11 Å². The molecule has 5 nitrogen and oxygen atoms in total. The third kappa shape index (κ3) is 4.48. The van der Waals surface area contributed by atoms with Crippen molar-refractivity contribution in [1.29, 1.82) is 0 Å². The molecule has 0 saturated carbocycles. The van der Waals surface area contributed by atoms with Crippen molar-refractivity contribution in [3.63, 3.8) is 0 Å². The quantitative estimate of drug-likeness (QED) is 0.673. The first-order chi connectivity index (χ1) is 8.47. The lowest BCUT2D eigenvalue weighted by Gasteiger charge is -2.09. The second-order valence-corrected chi connectivity index (χ2v) is 5.17. The van der Waals surface area contributed by atoms with E-state index in [-0.39, 0.29) is 37.1 Å². The average molecular weight is 262 g/mol. The van der Waals surface area contributed by atoms with E-state index in [4.69, 9.17) is 19.7 Å². The van der Waals surface area contributed by atoms with Gasteiger partial charge in [-0.1, -0.05) is 6.92 Å². The topological polar surface area (TPSA) is 79.2 Å². The third-order valence-corrected chi connectivity index (χ3v) is 3.40. The number of hydrogen-bond donors (Lipinski definition) is 3. The van der Waals surface area contributed by atoms with Gasteiger partial charge < -0.3 is 24.8 Å². The van der Waals surface area contributed by atoms with Crippen molar-refractivity contribution >= 4 is 0 Å². The van der Waals surface area contributed by atoms with E-state index < -0.39 is 6.10 Å². The van der Waals surface area contributed by atoms with Gasteiger partial charge in [-0.15, -0.1) is 0 Å². The van der Waals surface area contributed by atoms with Crippen LogP contribution < -0.4 is 0 Å². The van der Waals surface area contributed by atoms with Gasteiger partial charge in [0.1, 0.15) is 6.10 Å². The molecule has 0 aromatic carbocycles. The van der Waals surface area contributed by atoms with Gasteiger partial charge in [-0.05, 0) is 20.3 Å². The number of rotatable bonds is 2. The molecule has 2 aliphatic heterocycles. The van der Waals surface area contributed by atoms with E-state index >= 15 is 0 Å². The lowest BCUT2D eigenvalue weighted by atomic mass is 10.1. The van der Waals surface area contributed by atoms with Crippen molar-refractivity contribution in [2.24, 2.45) is 0 Å². The van der Waals surface area contributed by atoms with Crippen LogP contribution in [0.25, 0.3) is 0 Å². The highest BCUT2D eigenvalue weighted by atomic mass is 16.5. The van der Waals surface area contributed by atoms with Crippen LogP contribution in [-0.2, 0) is 9.47 Å². The molecule has 0 aliphatic carbocycles. The van der Waals surface area contributed by atoms with Crippen molar-refractivity contribution in [1.82, 2.24) is 0 Å². The Kier molecular flexibility index (Phi) is 6.52. The molecule has 2 saturated heterocycles. The van der Waals surface area contributed by atoms with Gasteiger partial charge in [0, 0.05) is 12.8 Å². The van der Waals surface area contributed by atoms with Crippen molar-refractivity contribution in [3.05, 3.63) is 0 Å². The maximum absolute atomic E-state index is 9.23. The smallest absolute Gasteiger partial charge is 0.107 e. The molecule has 2 aliphatic rings. The van der Waals surface area contributed by atoms with Gasteiger partial charge in [0.25, 0.3) is 0 Å². The fourth-order valence-electron chi connectivity index (χ4n) is 2.41. The van der Waals surface area contributed by atoms with Gasteiger partial charge >= 0.3 is 0 Å². The number of hydrogen-bond acceptors (Lipinski definition) is 5. The standard InChI is InChI=1S/C7H14O2.C6H12O3/c1-3-7-6(8)4-5(2)9-7;1-4-2-5(8)6(3-7)9-4/h5-8H,3-4H2,1-2H3;4-8H,2-3H2,1H3. The summed E-state index contributed by atoms with van der Waals surface area (Å²) in [6.07, 6.45) is 1.78. The Morgan fingerprint density at radius 2 is 1.39 bits per heavy atom. The summed E-state index contributed by atoms with van der Waals surface area (Å²) in [6.45, 7) is 5.84. The molecule has 2 rings (SSSR count). The van der Waals surface area contributed by atoms with E-state index in [0.717, 1.165) is 12.8 Å². The summed E-state index contributed by atoms with van der Waals surface area (Å²) >= 11 is 0. The van der Waals surface area contributed by atoms with Crippen LogP contribution in [-0.4, -0.2) is 58.6 Å². The predicted molar refractivity (Wildman–Crippen MR) is 67.3 cm³/mol. The van der Waals surface area contributed by atoms with Crippen LogP contribution in [0.2, 0.25) is 0 Å². The summed E-state index contributed by atoms with van der Waals surface area (Å²) in [6, 6.07) is 0. The summed E-state index contributed by atoms with van der Waals surface area (Å²) in [5, 5.41) is 26.9. The molecular weight excluding hydrogens is 236 g/mol. The molecule has 0 bridgehead atoms. The fraction of sp³-hybridized carbons (Fsp3) is 1.00. The first-order valence-electron chi connectivity index (χ1n) is 6.75. The molecular formula is C13H26O5. The molecule has 108 valence electrons. The Morgan fingerprint density at radius 1 is 0.944 bits per heavy atom. The Bertz CT molecular complexity index is 211. The summed E-state index contributed by atoms with van der Waals surface area (Å²) in [5.41, 5.74) is 0. The minimum absolute atomic E-state index is 0.0779. The summed E-state index contributed by atoms with van der Waals surface area (Å²) in [7, 11) is 0. The highest BCUT2D eigenvalue weighted by Crippen LogP contribution is 2.21. The Balaban J connectivity index is 0.000000180. The zero-order valence-corrected chi connectivity index (χ0v) is 11.5. The Morgan fingerprint density at radius 3 is 1.56 bits per heavy atom. The van der Waals surface area contributed by atoms with Crippen LogP contribution in [0, 0.1) is 0 Å². The molecule has 6 atom stereocenters. The van der Waals surface area contributed by atoms with Gasteiger partial charge in [-0.25, -0.2) is 0 Å². The molecule has 3 N–H and O–H groups in total. The highest BCUT2D eigenvalue weighted by molar-refractivity contribution is 4.79. The van der Waals surface area contributed by atoms with E-state index in [1.807, 2.05) is 20.8 Å². The van der Waals surface area contributed by atoms with Crippen molar-refractivity contribution in [3.8, 4) is 0 Å². The fourth-order valence-corrected chi connectivity index (χ4v) is 2.41. The summed E-state index contributed by atoms with van der Waals surface area (Å²) in [4.78, 5) is 0. The van der Waals surface area contributed by atoms with Crippen molar-refractivity contribution < 1.29 is 24.8 Å². The van der Waals surface area contributed by atoms with Crippen LogP contribution >= 0.6 is 0 Å². The highest BCUT2D eigenvalue weighted by Gasteiger charge is 2.30. The third-order valence-electron chi connectivity index (χ3n) is 3.40. The SMILES string of the molecule is CC1CC(O)C(CO)O1.CCC1OC(C)CC1O. The largest absolute Gasteiger partial charge is 0.394 e. The average Bonchev–Trinajstić information content (AvgIpc) is 2.81. The minimum atomic E-state index is -0.468. The summed E-state index contributed by atoms with van der Waals surface area (Å²) < 4.78 is 10.5. The molecule has 0 radical (unpaired) electrons. The van der Waals surface area contributed by atoms with E-state index in [1.165, 1.54) is 0 Å². The molecule has 0 spiro atoms. The summed E-state index contributed by atoms with van der Waals surface area (Å²) in [5.74, 6) is 0. The van der Waals surface area contributed by atoms with Gasteiger partial charge in [0.05, 0.1) is 37.1 Å². The second kappa shape index (κ2) is 7.40. The molecule has 0 aromatic rings. The lowest BCUT2D eigenvalue weighted by molar-refractivity contribution is -0.0170. The molecule has 6 unspecified atom stereocenters. The van der Waals surface area contributed by atoms with Gasteiger partial charge in [-0.2, -0.15) is 0 Å². The van der Waals surface area contributed by atoms with Crippen LogP contribution in [0.1, 0.15) is 40.0 Å². The molecule has 0 amide bonds. The zero-order chi connectivity index (χ0) is 13.7. The molecule has 5 heteroatoms. The second-order valence-electron chi connectivity index (χ2n) is 5.17. The number of aliphatic hydroxyl groups is 3. The van der Waals surface area contributed by atoms with E-state index in [1.54, 1.807) is 0 Å². The monoisotopic (exact) mass is 262 g/mol. The van der Waals surface area contributed by atoms with Gasteiger partial charge in [0.15, 0.2) is 0 Å². The van der Waals surface area contributed by atoms with Crippen molar-refractivity contribution in [2.75, 3.05) is 6.61 Å². The van der Waals surface area contributed by atoms with Crippen LogP contribution in [0.5, 0.6) is 0 Å². The Labute approximate surface area is 109 Å². The van der Waals surface area contributed by atoms with Crippen molar-refractivity contribution in [2.45, 2.75) is 76.7 Å². The normalized spacial score (nSPS) is 43.7.